The highest BCUT2D eigenvalue weighted by molar-refractivity contribution is 7.17. The monoisotopic (exact) mass is 216 g/mol. The normalized spacial score (nSPS) is 9.20. The molecule has 0 spiro atoms. The van der Waals surface area contributed by atoms with Crippen LogP contribution in [0.15, 0.2) is 36.7 Å². The predicted octanol–water partition coefficient (Wildman–Crippen LogP) is 5.21. The van der Waals surface area contributed by atoms with Crippen molar-refractivity contribution in [1.29, 1.82) is 0 Å². The van der Waals surface area contributed by atoms with Crippen LogP contribution in [-0.4, -0.2) is 0 Å². The fourth-order valence-electron chi connectivity index (χ4n) is 1.49. The lowest BCUT2D eigenvalue weighted by Gasteiger charge is -2.01. The van der Waals surface area contributed by atoms with Gasteiger partial charge in [0.1, 0.15) is 0 Å². The second-order valence-electron chi connectivity index (χ2n) is 2.81. The van der Waals surface area contributed by atoms with Gasteiger partial charge in [-0.1, -0.05) is 45.2 Å². The Morgan fingerprint density at radius 3 is 2.40 bits per heavy atom. The van der Waals surface area contributed by atoms with Crippen molar-refractivity contribution in [3.8, 4) is 0 Å². The van der Waals surface area contributed by atoms with E-state index in [1.165, 1.54) is 15.6 Å². The zero-order valence-electron chi connectivity index (χ0n) is 9.29. The summed E-state index contributed by atoms with van der Waals surface area (Å²) in [6, 6.07) is 6.34. The average molecular weight is 216 g/mol. The van der Waals surface area contributed by atoms with E-state index < -0.39 is 0 Å². The van der Waals surface area contributed by atoms with Gasteiger partial charge >= 0.3 is 0 Å². The van der Waals surface area contributed by atoms with E-state index in [4.69, 9.17) is 0 Å². The number of benzene rings is 1. The van der Waals surface area contributed by atoms with Crippen LogP contribution < -0.4 is 0 Å². The zero-order chi connectivity index (χ0) is 11.3. The van der Waals surface area contributed by atoms with E-state index in [2.05, 4.69) is 36.7 Å². The van der Waals surface area contributed by atoms with Gasteiger partial charge in [-0.05, 0) is 28.6 Å². The fraction of sp³-hybridized carbons (Fsp3) is 0.143. The Hall–Kier alpha value is -1.34. The van der Waals surface area contributed by atoms with Crippen molar-refractivity contribution in [1.82, 2.24) is 0 Å². The van der Waals surface area contributed by atoms with Gasteiger partial charge in [0.2, 0.25) is 0 Å². The molecule has 0 amide bonds. The Balaban J connectivity index is 0.000000531. The van der Waals surface area contributed by atoms with Gasteiger partial charge in [-0.15, -0.1) is 11.3 Å². The molecule has 0 aliphatic rings. The van der Waals surface area contributed by atoms with Crippen LogP contribution in [0.4, 0.5) is 0 Å². The average Bonchev–Trinajstić information content (AvgIpc) is 2.78. The van der Waals surface area contributed by atoms with Crippen LogP contribution in [0.25, 0.3) is 22.2 Å². The minimum Gasteiger partial charge on any atom is -0.144 e. The Labute approximate surface area is 95.6 Å². The van der Waals surface area contributed by atoms with Crippen molar-refractivity contribution < 1.29 is 0 Å². The number of rotatable bonds is 2. The maximum Gasteiger partial charge on any atom is 0.0349 e. The third kappa shape index (κ3) is 2.18. The molecular weight excluding hydrogens is 200 g/mol. The van der Waals surface area contributed by atoms with Gasteiger partial charge in [0, 0.05) is 10.1 Å². The van der Waals surface area contributed by atoms with Gasteiger partial charge in [-0.3, -0.25) is 0 Å². The molecule has 2 rings (SSSR count). The van der Waals surface area contributed by atoms with E-state index in [-0.39, 0.29) is 0 Å². The molecule has 1 aromatic heterocycles. The summed E-state index contributed by atoms with van der Waals surface area (Å²) in [6.07, 6.45) is 3.76. The third-order valence-electron chi connectivity index (χ3n) is 2.13. The maximum absolute atomic E-state index is 3.83. The highest BCUT2D eigenvalue weighted by Gasteiger charge is 2.02. The quantitative estimate of drug-likeness (QED) is 0.646. The molecule has 1 aromatic carbocycles. The molecule has 15 heavy (non-hydrogen) atoms. The van der Waals surface area contributed by atoms with Crippen LogP contribution >= 0.6 is 11.3 Å². The molecule has 0 unspecified atom stereocenters. The van der Waals surface area contributed by atoms with Crippen molar-refractivity contribution in [2.75, 3.05) is 0 Å². The van der Waals surface area contributed by atoms with Crippen molar-refractivity contribution in [3.63, 3.8) is 0 Å². The first kappa shape index (κ1) is 11.7. The first-order valence-electron chi connectivity index (χ1n) is 5.12. The van der Waals surface area contributed by atoms with E-state index in [0.717, 1.165) is 5.56 Å². The van der Waals surface area contributed by atoms with E-state index in [0.29, 0.717) is 0 Å². The summed E-state index contributed by atoms with van der Waals surface area (Å²) in [5.41, 5.74) is 2.34. The third-order valence-corrected chi connectivity index (χ3v) is 3.02. The largest absolute Gasteiger partial charge is 0.144 e. The van der Waals surface area contributed by atoms with Crippen LogP contribution in [0.2, 0.25) is 0 Å². The molecule has 78 valence electrons. The molecule has 1 heterocycles. The molecule has 2 aromatic rings. The maximum atomic E-state index is 3.83. The second-order valence-corrected chi connectivity index (χ2v) is 3.76. The van der Waals surface area contributed by atoms with Crippen LogP contribution in [0.3, 0.4) is 0 Å². The first-order valence-corrected chi connectivity index (χ1v) is 6.00. The highest BCUT2D eigenvalue weighted by Crippen LogP contribution is 2.28. The molecule has 0 bridgehead atoms. The molecule has 0 fully saturated rings. The van der Waals surface area contributed by atoms with Crippen molar-refractivity contribution in [3.05, 3.63) is 47.9 Å². The summed E-state index contributed by atoms with van der Waals surface area (Å²) in [6.45, 7) is 11.6. The van der Waals surface area contributed by atoms with Crippen LogP contribution in [0.5, 0.6) is 0 Å². The summed E-state index contributed by atoms with van der Waals surface area (Å²) in [7, 11) is 0. The van der Waals surface area contributed by atoms with Gasteiger partial charge in [0.15, 0.2) is 0 Å². The lowest BCUT2D eigenvalue weighted by atomic mass is 10.0. The summed E-state index contributed by atoms with van der Waals surface area (Å²) >= 11 is 1.75. The minimum atomic E-state index is 1.15. The van der Waals surface area contributed by atoms with Crippen LogP contribution in [-0.2, 0) is 0 Å². The smallest absolute Gasteiger partial charge is 0.0349 e. The SMILES string of the molecule is C=Cc1ccc2sccc2c1C=C.CC. The van der Waals surface area contributed by atoms with Gasteiger partial charge in [0.25, 0.3) is 0 Å². The Bertz CT molecular complexity index is 463. The van der Waals surface area contributed by atoms with E-state index in [9.17, 15) is 0 Å². The molecule has 0 saturated heterocycles. The van der Waals surface area contributed by atoms with Gasteiger partial charge < -0.3 is 0 Å². The predicted molar refractivity (Wildman–Crippen MR) is 73.4 cm³/mol. The van der Waals surface area contributed by atoms with Crippen molar-refractivity contribution in [2.24, 2.45) is 0 Å². The number of fused-ring (bicyclic) bond motifs is 1. The summed E-state index contributed by atoms with van der Waals surface area (Å²) in [4.78, 5) is 0. The number of hydrogen-bond donors (Lipinski definition) is 0. The van der Waals surface area contributed by atoms with E-state index in [1.54, 1.807) is 11.3 Å². The molecule has 0 radical (unpaired) electrons. The van der Waals surface area contributed by atoms with Gasteiger partial charge in [-0.25, -0.2) is 0 Å². The summed E-state index contributed by atoms with van der Waals surface area (Å²) < 4.78 is 1.31. The number of thiophene rings is 1. The Morgan fingerprint density at radius 2 is 1.80 bits per heavy atom. The summed E-state index contributed by atoms with van der Waals surface area (Å²) in [5, 5.41) is 3.38. The van der Waals surface area contributed by atoms with Crippen molar-refractivity contribution in [2.45, 2.75) is 13.8 Å². The highest BCUT2D eigenvalue weighted by atomic mass is 32.1. The molecule has 0 aliphatic heterocycles. The zero-order valence-corrected chi connectivity index (χ0v) is 10.1. The Morgan fingerprint density at radius 1 is 1.07 bits per heavy atom. The van der Waals surface area contributed by atoms with Gasteiger partial charge in [-0.2, -0.15) is 0 Å². The molecule has 0 nitrogen and oxygen atoms in total. The lowest BCUT2D eigenvalue weighted by Crippen LogP contribution is -1.79. The molecular formula is C14H16S. The second kappa shape index (κ2) is 5.52. The van der Waals surface area contributed by atoms with Crippen LogP contribution in [0.1, 0.15) is 25.0 Å². The fourth-order valence-corrected chi connectivity index (χ4v) is 2.29. The molecule has 1 heteroatoms. The van der Waals surface area contributed by atoms with Crippen molar-refractivity contribution >= 4 is 33.6 Å². The molecule has 0 N–H and O–H groups in total. The van der Waals surface area contributed by atoms with E-state index >= 15 is 0 Å². The molecule has 0 atom stereocenters. The summed E-state index contributed by atoms with van der Waals surface area (Å²) in [5.74, 6) is 0. The first-order chi connectivity index (χ1) is 7.36. The standard InChI is InChI=1S/C12H10S.C2H6/c1-3-9-5-6-12-11(7-8-13-12)10(9)4-2;1-2/h3-8H,1-2H2;1-2H3. The molecule has 0 saturated carbocycles. The Kier molecular flexibility index (Phi) is 4.32. The van der Waals surface area contributed by atoms with Crippen LogP contribution in [0, 0.1) is 0 Å². The lowest BCUT2D eigenvalue weighted by molar-refractivity contribution is 1.50. The topological polar surface area (TPSA) is 0 Å². The number of hydrogen-bond acceptors (Lipinski definition) is 1. The van der Waals surface area contributed by atoms with Gasteiger partial charge in [0.05, 0.1) is 0 Å². The van der Waals surface area contributed by atoms with E-state index in [1.807, 2.05) is 26.0 Å². The molecule has 0 aliphatic carbocycles. The minimum absolute atomic E-state index is 1.15.